The van der Waals surface area contributed by atoms with Gasteiger partial charge < -0.3 is 19.5 Å². The second kappa shape index (κ2) is 10.5. The number of Topliss-reactive ketones (excluding diaryl/α,β-unsaturated/α-hetero) is 1. The first-order valence-corrected chi connectivity index (χ1v) is 11.6. The molecule has 0 aliphatic carbocycles. The lowest BCUT2D eigenvalue weighted by Gasteiger charge is -2.30. The Labute approximate surface area is 203 Å². The molecule has 0 saturated carbocycles. The quantitative estimate of drug-likeness (QED) is 0.404. The van der Waals surface area contributed by atoms with Crippen molar-refractivity contribution in [2.75, 3.05) is 25.0 Å². The second-order valence-electron chi connectivity index (χ2n) is 8.69. The molecular formula is C27H28FN3O4. The number of anilines is 1. The third kappa shape index (κ3) is 5.59. The minimum absolute atomic E-state index is 0.202. The highest BCUT2D eigenvalue weighted by atomic mass is 19.1. The fourth-order valence-corrected chi connectivity index (χ4v) is 4.43. The number of piperidine rings is 1. The Morgan fingerprint density at radius 2 is 1.71 bits per heavy atom. The van der Waals surface area contributed by atoms with Crippen LogP contribution in [0.4, 0.5) is 14.9 Å². The lowest BCUT2D eigenvalue weighted by molar-refractivity contribution is -0.148. The van der Waals surface area contributed by atoms with Crippen molar-refractivity contribution in [3.63, 3.8) is 0 Å². The Bertz CT molecular complexity index is 1230. The van der Waals surface area contributed by atoms with Crippen LogP contribution in [-0.4, -0.2) is 46.9 Å². The minimum atomic E-state index is -0.430. The molecule has 8 heteroatoms. The van der Waals surface area contributed by atoms with E-state index in [0.717, 1.165) is 5.69 Å². The summed E-state index contributed by atoms with van der Waals surface area (Å²) in [4.78, 5) is 39.5. The summed E-state index contributed by atoms with van der Waals surface area (Å²) in [6.45, 7) is 4.12. The van der Waals surface area contributed by atoms with E-state index in [1.54, 1.807) is 34.6 Å². The maximum absolute atomic E-state index is 13.7. The molecule has 0 radical (unpaired) electrons. The SMILES string of the molecule is Cc1cc(C(=O)COC(=O)C2CCN(C(=O)Nc3ccccc3)CC2)c(C)n1-c1cccc(F)c1. The summed E-state index contributed by atoms with van der Waals surface area (Å²) in [6.07, 6.45) is 0.951. The number of aryl methyl sites for hydroxylation is 1. The second-order valence-corrected chi connectivity index (χ2v) is 8.69. The number of para-hydroxylation sites is 1. The maximum atomic E-state index is 13.7. The molecule has 3 aromatic rings. The molecular weight excluding hydrogens is 449 g/mol. The number of nitrogens with zero attached hydrogens (tertiary/aromatic N) is 2. The van der Waals surface area contributed by atoms with Crippen LogP contribution in [0.3, 0.4) is 0 Å². The number of hydrogen-bond donors (Lipinski definition) is 1. The van der Waals surface area contributed by atoms with Crippen LogP contribution in [0.2, 0.25) is 0 Å². The van der Waals surface area contributed by atoms with Gasteiger partial charge in [0.15, 0.2) is 6.61 Å². The third-order valence-corrected chi connectivity index (χ3v) is 6.28. The minimum Gasteiger partial charge on any atom is -0.457 e. The average molecular weight is 478 g/mol. The third-order valence-electron chi connectivity index (χ3n) is 6.28. The van der Waals surface area contributed by atoms with E-state index in [2.05, 4.69) is 5.32 Å². The van der Waals surface area contributed by atoms with Crippen molar-refractivity contribution >= 4 is 23.5 Å². The van der Waals surface area contributed by atoms with Crippen LogP contribution >= 0.6 is 0 Å². The summed E-state index contributed by atoms with van der Waals surface area (Å²) < 4.78 is 20.8. The van der Waals surface area contributed by atoms with Gasteiger partial charge in [0.2, 0.25) is 5.78 Å². The number of urea groups is 1. The molecule has 1 N–H and O–H groups in total. The highest BCUT2D eigenvalue weighted by Gasteiger charge is 2.29. The van der Waals surface area contributed by atoms with Crippen LogP contribution in [0.25, 0.3) is 5.69 Å². The number of carbonyl (C=O) groups is 3. The van der Waals surface area contributed by atoms with E-state index in [1.165, 1.54) is 12.1 Å². The lowest BCUT2D eigenvalue weighted by Crippen LogP contribution is -2.42. The van der Waals surface area contributed by atoms with Crippen LogP contribution in [0.5, 0.6) is 0 Å². The van der Waals surface area contributed by atoms with Gasteiger partial charge in [-0.15, -0.1) is 0 Å². The molecule has 0 spiro atoms. The lowest BCUT2D eigenvalue weighted by atomic mass is 9.97. The molecule has 4 rings (SSSR count). The molecule has 1 saturated heterocycles. The standard InChI is InChI=1S/C27H28FN3O4/c1-18-15-24(19(2)31(18)23-10-6-7-21(28)16-23)25(32)17-35-26(33)20-11-13-30(14-12-20)27(34)29-22-8-4-3-5-9-22/h3-10,15-16,20H,11-14,17H2,1-2H3,(H,29,34). The molecule has 0 bridgehead atoms. The van der Waals surface area contributed by atoms with E-state index in [4.69, 9.17) is 4.74 Å². The van der Waals surface area contributed by atoms with Gasteiger partial charge in [0.1, 0.15) is 5.82 Å². The van der Waals surface area contributed by atoms with Gasteiger partial charge in [0.05, 0.1) is 5.92 Å². The maximum Gasteiger partial charge on any atom is 0.321 e. The fraction of sp³-hybridized carbons (Fsp3) is 0.296. The van der Waals surface area contributed by atoms with Crippen LogP contribution in [0.15, 0.2) is 60.7 Å². The summed E-state index contributed by atoms with van der Waals surface area (Å²) >= 11 is 0. The fourth-order valence-electron chi connectivity index (χ4n) is 4.43. The molecule has 0 atom stereocenters. The molecule has 2 heterocycles. The summed E-state index contributed by atoms with van der Waals surface area (Å²) in [5.41, 5.74) is 3.22. The molecule has 35 heavy (non-hydrogen) atoms. The molecule has 1 aliphatic rings. The summed E-state index contributed by atoms with van der Waals surface area (Å²) in [5.74, 6) is -1.46. The topological polar surface area (TPSA) is 80.6 Å². The van der Waals surface area contributed by atoms with Gasteiger partial charge in [-0.25, -0.2) is 9.18 Å². The Morgan fingerprint density at radius 3 is 2.40 bits per heavy atom. The number of ketones is 1. The monoisotopic (exact) mass is 477 g/mol. The first-order chi connectivity index (χ1) is 16.8. The number of benzene rings is 2. The van der Waals surface area contributed by atoms with Gasteiger partial charge >= 0.3 is 12.0 Å². The molecule has 2 aromatic carbocycles. The van der Waals surface area contributed by atoms with Gasteiger partial charge in [-0.1, -0.05) is 24.3 Å². The highest BCUT2D eigenvalue weighted by Crippen LogP contribution is 2.23. The molecule has 0 unspecified atom stereocenters. The normalized spacial score (nSPS) is 14.0. The smallest absolute Gasteiger partial charge is 0.321 e. The van der Waals surface area contributed by atoms with Crippen molar-refractivity contribution in [2.24, 2.45) is 5.92 Å². The molecule has 1 fully saturated rings. The zero-order valence-electron chi connectivity index (χ0n) is 19.8. The number of rotatable bonds is 6. The first-order valence-electron chi connectivity index (χ1n) is 11.6. The first kappa shape index (κ1) is 24.2. The van der Waals surface area contributed by atoms with Gasteiger partial charge in [-0.3, -0.25) is 9.59 Å². The molecule has 1 aliphatic heterocycles. The number of esters is 1. The Kier molecular flexibility index (Phi) is 7.29. The molecule has 182 valence electrons. The predicted molar refractivity (Wildman–Crippen MR) is 130 cm³/mol. The Morgan fingerprint density at radius 1 is 1.00 bits per heavy atom. The summed E-state index contributed by atoms with van der Waals surface area (Å²) in [5, 5.41) is 2.84. The van der Waals surface area contributed by atoms with Gasteiger partial charge in [0.25, 0.3) is 0 Å². The Balaban J connectivity index is 1.30. The van der Waals surface area contributed by atoms with Crippen LogP contribution in [0, 0.1) is 25.6 Å². The van der Waals surface area contributed by atoms with E-state index >= 15 is 0 Å². The van der Waals surface area contributed by atoms with Crippen molar-refractivity contribution in [1.29, 1.82) is 0 Å². The zero-order valence-corrected chi connectivity index (χ0v) is 19.8. The molecule has 1 aromatic heterocycles. The van der Waals surface area contributed by atoms with E-state index in [0.29, 0.717) is 48.6 Å². The van der Waals surface area contributed by atoms with Crippen molar-refractivity contribution in [3.05, 3.63) is 83.4 Å². The van der Waals surface area contributed by atoms with Crippen LogP contribution in [-0.2, 0) is 9.53 Å². The molecule has 7 nitrogen and oxygen atoms in total. The van der Waals surface area contributed by atoms with Crippen molar-refractivity contribution < 1.29 is 23.5 Å². The Hall–Kier alpha value is -3.94. The van der Waals surface area contributed by atoms with Gasteiger partial charge in [-0.05, 0) is 63.1 Å². The van der Waals surface area contributed by atoms with E-state index < -0.39 is 5.97 Å². The number of aromatic nitrogens is 1. The predicted octanol–water partition coefficient (Wildman–Crippen LogP) is 4.90. The van der Waals surface area contributed by atoms with Crippen molar-refractivity contribution in [1.82, 2.24) is 9.47 Å². The largest absolute Gasteiger partial charge is 0.457 e. The highest BCUT2D eigenvalue weighted by molar-refractivity contribution is 5.99. The van der Waals surface area contributed by atoms with Crippen LogP contribution < -0.4 is 5.32 Å². The summed E-state index contributed by atoms with van der Waals surface area (Å²) in [6, 6.07) is 16.9. The van der Waals surface area contributed by atoms with Crippen LogP contribution in [0.1, 0.15) is 34.6 Å². The van der Waals surface area contributed by atoms with Crippen molar-refractivity contribution in [3.8, 4) is 5.69 Å². The van der Waals surface area contributed by atoms with E-state index in [9.17, 15) is 18.8 Å². The zero-order chi connectivity index (χ0) is 24.9. The van der Waals surface area contributed by atoms with Gasteiger partial charge in [0, 0.05) is 41.4 Å². The van der Waals surface area contributed by atoms with E-state index in [1.807, 2.05) is 37.3 Å². The number of nitrogens with one attached hydrogen (secondary N) is 1. The summed E-state index contributed by atoms with van der Waals surface area (Å²) in [7, 11) is 0. The van der Waals surface area contributed by atoms with Gasteiger partial charge in [-0.2, -0.15) is 0 Å². The number of likely N-dealkylation sites (tertiary alicyclic amines) is 1. The number of hydrogen-bond acceptors (Lipinski definition) is 4. The van der Waals surface area contributed by atoms with Crippen molar-refractivity contribution in [2.45, 2.75) is 26.7 Å². The number of ether oxygens (including phenoxy) is 1. The molecule has 2 amide bonds. The number of amides is 2. The van der Waals surface area contributed by atoms with E-state index in [-0.39, 0.29) is 30.2 Å². The number of carbonyl (C=O) groups excluding carboxylic acids is 3. The number of halogens is 1. The average Bonchev–Trinajstić information content (AvgIpc) is 3.16.